The van der Waals surface area contributed by atoms with E-state index in [1.807, 2.05) is 26.0 Å². The molecule has 3 rings (SSSR count). The number of hydrogen-bond acceptors (Lipinski definition) is 4. The third kappa shape index (κ3) is 5.33. The Kier molecular flexibility index (Phi) is 7.62. The third-order valence-electron chi connectivity index (χ3n) is 5.26. The first kappa shape index (κ1) is 24.3. The molecule has 32 heavy (non-hydrogen) atoms. The largest absolute Gasteiger partial charge is 0.463 e. The Hall–Kier alpha value is -2.38. The van der Waals surface area contributed by atoms with E-state index in [9.17, 15) is 17.6 Å². The standard InChI is InChI=1S/C24H26ClFNO4S/c1-4-31-24(28)20-7-5-6-8-23(20)32(29,30)27(22-10-9-19(26)14-21(22)25)15-18-12-16(2)11-17(3)13-18/h7,9-10,12-14,23H,4-6,8,15H2,1-3H3. The lowest BCUT2D eigenvalue weighted by atomic mass is 9.99. The molecule has 1 atom stereocenters. The summed E-state index contributed by atoms with van der Waals surface area (Å²) in [4.78, 5) is 12.5. The SMILES string of the molecule is CCOC(=O)C1=CCCCC1S(=O)(=O)N(Cc1cc(C)[c]c(C)c1)c1ccc(F)cc1Cl. The fourth-order valence-corrected chi connectivity index (χ4v) is 6.34. The Morgan fingerprint density at radius 2 is 1.94 bits per heavy atom. The zero-order valence-electron chi connectivity index (χ0n) is 18.3. The smallest absolute Gasteiger partial charge is 0.335 e. The quantitative estimate of drug-likeness (QED) is 0.508. The van der Waals surface area contributed by atoms with Gasteiger partial charge in [0.15, 0.2) is 0 Å². The highest BCUT2D eigenvalue weighted by Gasteiger charge is 2.40. The predicted molar refractivity (Wildman–Crippen MR) is 124 cm³/mol. The van der Waals surface area contributed by atoms with Crippen LogP contribution in [-0.4, -0.2) is 26.2 Å². The number of allylic oxidation sites excluding steroid dienone is 1. The lowest BCUT2D eigenvalue weighted by molar-refractivity contribution is -0.138. The van der Waals surface area contributed by atoms with Crippen LogP contribution in [0.15, 0.2) is 42.0 Å². The molecule has 1 unspecified atom stereocenters. The van der Waals surface area contributed by atoms with Gasteiger partial charge in [0.05, 0.1) is 29.4 Å². The van der Waals surface area contributed by atoms with E-state index in [0.717, 1.165) is 22.8 Å². The van der Waals surface area contributed by atoms with E-state index in [1.165, 1.54) is 16.4 Å². The summed E-state index contributed by atoms with van der Waals surface area (Å²) < 4.78 is 47.9. The summed E-state index contributed by atoms with van der Waals surface area (Å²) in [5.74, 6) is -1.20. The maximum absolute atomic E-state index is 13.9. The number of carbonyl (C=O) groups excluding carboxylic acids is 1. The van der Waals surface area contributed by atoms with Crippen molar-refractivity contribution in [1.29, 1.82) is 0 Å². The molecule has 0 aromatic heterocycles. The summed E-state index contributed by atoms with van der Waals surface area (Å²) in [6, 6.07) is 10.5. The van der Waals surface area contributed by atoms with Gasteiger partial charge in [-0.05, 0) is 81.0 Å². The first-order valence-corrected chi connectivity index (χ1v) is 12.3. The third-order valence-corrected chi connectivity index (χ3v) is 7.71. The molecular formula is C24H26ClFNO4S. The summed E-state index contributed by atoms with van der Waals surface area (Å²) in [5, 5.41) is -1.10. The number of esters is 1. The van der Waals surface area contributed by atoms with Gasteiger partial charge < -0.3 is 4.74 Å². The Balaban J connectivity index is 2.11. The minimum Gasteiger partial charge on any atom is -0.463 e. The fourth-order valence-electron chi connectivity index (χ4n) is 3.97. The average Bonchev–Trinajstić information content (AvgIpc) is 2.72. The van der Waals surface area contributed by atoms with E-state index in [-0.39, 0.29) is 35.9 Å². The lowest BCUT2D eigenvalue weighted by Gasteiger charge is -2.32. The van der Waals surface area contributed by atoms with Crippen LogP contribution in [0.25, 0.3) is 0 Å². The van der Waals surface area contributed by atoms with Crippen LogP contribution in [0, 0.1) is 25.7 Å². The van der Waals surface area contributed by atoms with Crippen LogP contribution >= 0.6 is 11.6 Å². The summed E-state index contributed by atoms with van der Waals surface area (Å²) in [7, 11) is -4.10. The predicted octanol–water partition coefficient (Wildman–Crippen LogP) is 5.27. The molecule has 0 heterocycles. The van der Waals surface area contributed by atoms with Crippen LogP contribution in [0.1, 0.15) is 42.9 Å². The topological polar surface area (TPSA) is 63.7 Å². The first-order chi connectivity index (χ1) is 15.1. The van der Waals surface area contributed by atoms with Gasteiger partial charge in [-0.2, -0.15) is 0 Å². The molecule has 2 aromatic rings. The average molecular weight is 479 g/mol. The maximum Gasteiger partial charge on any atom is 0.335 e. The molecule has 2 aromatic carbocycles. The van der Waals surface area contributed by atoms with Crippen molar-refractivity contribution in [2.45, 2.75) is 51.8 Å². The number of halogens is 2. The van der Waals surface area contributed by atoms with Crippen molar-refractivity contribution >= 4 is 33.3 Å². The monoisotopic (exact) mass is 478 g/mol. The summed E-state index contributed by atoms with van der Waals surface area (Å²) in [6.07, 6.45) is 3.14. The van der Waals surface area contributed by atoms with Crippen LogP contribution in [0.2, 0.25) is 5.02 Å². The van der Waals surface area contributed by atoms with Gasteiger partial charge >= 0.3 is 5.97 Å². The molecule has 0 saturated carbocycles. The molecule has 0 aliphatic heterocycles. The molecule has 1 aliphatic rings. The van der Waals surface area contributed by atoms with Gasteiger partial charge in [-0.3, -0.25) is 4.31 Å². The highest BCUT2D eigenvalue weighted by molar-refractivity contribution is 7.93. The van der Waals surface area contributed by atoms with Crippen molar-refractivity contribution in [3.05, 3.63) is 75.6 Å². The van der Waals surface area contributed by atoms with Crippen molar-refractivity contribution in [2.24, 2.45) is 0 Å². The second kappa shape index (κ2) is 10.0. The molecule has 5 nitrogen and oxygen atoms in total. The molecule has 1 radical (unpaired) electrons. The van der Waals surface area contributed by atoms with Crippen molar-refractivity contribution < 1.29 is 22.3 Å². The molecule has 8 heteroatoms. The number of sulfonamides is 1. The van der Waals surface area contributed by atoms with E-state index >= 15 is 0 Å². The van der Waals surface area contributed by atoms with Crippen molar-refractivity contribution in [1.82, 2.24) is 0 Å². The molecule has 171 valence electrons. The first-order valence-electron chi connectivity index (χ1n) is 10.5. The van der Waals surface area contributed by atoms with Gasteiger partial charge in [0.25, 0.3) is 0 Å². The zero-order chi connectivity index (χ0) is 23.5. The van der Waals surface area contributed by atoms with Gasteiger partial charge in [-0.25, -0.2) is 17.6 Å². The van der Waals surface area contributed by atoms with Crippen LogP contribution in [0.3, 0.4) is 0 Å². The van der Waals surface area contributed by atoms with Crippen LogP contribution in [-0.2, 0) is 26.1 Å². The molecule has 0 N–H and O–H groups in total. The number of aryl methyl sites for hydroxylation is 2. The molecule has 0 fully saturated rings. The Labute approximate surface area is 193 Å². The van der Waals surface area contributed by atoms with Crippen LogP contribution in [0.5, 0.6) is 0 Å². The van der Waals surface area contributed by atoms with Crippen molar-refractivity contribution in [3.63, 3.8) is 0 Å². The highest BCUT2D eigenvalue weighted by Crippen LogP contribution is 2.36. The van der Waals surface area contributed by atoms with Gasteiger partial charge in [0.2, 0.25) is 10.0 Å². The van der Waals surface area contributed by atoms with Gasteiger partial charge in [-0.15, -0.1) is 0 Å². The van der Waals surface area contributed by atoms with Gasteiger partial charge in [0, 0.05) is 0 Å². The number of benzene rings is 2. The number of anilines is 1. The normalized spacial score (nSPS) is 16.4. The van der Waals surface area contributed by atoms with E-state index in [0.29, 0.717) is 12.8 Å². The molecule has 0 spiro atoms. The minimum atomic E-state index is -4.10. The second-order valence-corrected chi connectivity index (χ2v) is 10.2. The Morgan fingerprint density at radius 1 is 1.25 bits per heavy atom. The number of nitrogens with zero attached hydrogens (tertiary/aromatic N) is 1. The molecule has 0 saturated heterocycles. The van der Waals surface area contributed by atoms with Crippen LogP contribution in [0.4, 0.5) is 10.1 Å². The zero-order valence-corrected chi connectivity index (χ0v) is 19.9. The molecule has 0 bridgehead atoms. The summed E-state index contributed by atoms with van der Waals surface area (Å²) in [6.45, 7) is 5.56. The Morgan fingerprint density at radius 3 is 2.56 bits per heavy atom. The lowest BCUT2D eigenvalue weighted by Crippen LogP contribution is -2.42. The number of hydrogen-bond donors (Lipinski definition) is 0. The number of ether oxygens (including phenoxy) is 1. The minimum absolute atomic E-state index is 0.0172. The van der Waals surface area contributed by atoms with Gasteiger partial charge in [-0.1, -0.05) is 29.8 Å². The molecule has 1 aliphatic carbocycles. The second-order valence-electron chi connectivity index (χ2n) is 7.80. The summed E-state index contributed by atoms with van der Waals surface area (Å²) >= 11 is 6.29. The molecule has 0 amide bonds. The van der Waals surface area contributed by atoms with E-state index in [2.05, 4.69) is 6.07 Å². The fraction of sp³-hybridized carbons (Fsp3) is 0.375. The van der Waals surface area contributed by atoms with Gasteiger partial charge in [0.1, 0.15) is 11.1 Å². The molecular weight excluding hydrogens is 453 g/mol. The highest BCUT2D eigenvalue weighted by atomic mass is 35.5. The van der Waals surface area contributed by atoms with Crippen molar-refractivity contribution in [3.8, 4) is 0 Å². The van der Waals surface area contributed by atoms with E-state index in [4.69, 9.17) is 16.3 Å². The summed E-state index contributed by atoms with van der Waals surface area (Å²) in [5.41, 5.74) is 2.76. The van der Waals surface area contributed by atoms with Crippen molar-refractivity contribution in [2.75, 3.05) is 10.9 Å². The van der Waals surface area contributed by atoms with Crippen LogP contribution < -0.4 is 4.31 Å². The number of rotatable bonds is 7. The Bertz CT molecular complexity index is 1130. The van der Waals surface area contributed by atoms with E-state index in [1.54, 1.807) is 13.0 Å². The van der Waals surface area contributed by atoms with E-state index < -0.39 is 27.1 Å². The number of carbonyl (C=O) groups is 1. The maximum atomic E-state index is 13.9.